The number of nitrogens with two attached hydrogens (primary N) is 1. The van der Waals surface area contributed by atoms with Crippen LogP contribution in [0.25, 0.3) is 0 Å². The van der Waals surface area contributed by atoms with Gasteiger partial charge in [0.1, 0.15) is 5.60 Å². The first-order valence-electron chi connectivity index (χ1n) is 7.12. The molecule has 4 nitrogen and oxygen atoms in total. The van der Waals surface area contributed by atoms with Crippen LogP contribution >= 0.6 is 12.2 Å². The number of hydrogen-bond donors (Lipinski definition) is 1. The monoisotopic (exact) mass is 306 g/mol. The van der Waals surface area contributed by atoms with Crippen molar-refractivity contribution < 1.29 is 9.53 Å². The number of benzene rings is 1. The first-order chi connectivity index (χ1) is 9.78. The fourth-order valence-corrected chi connectivity index (χ4v) is 2.73. The van der Waals surface area contributed by atoms with Crippen LogP contribution in [0.15, 0.2) is 30.3 Å². The van der Waals surface area contributed by atoms with Gasteiger partial charge in [-0.05, 0) is 32.8 Å². The van der Waals surface area contributed by atoms with Gasteiger partial charge in [0.05, 0.1) is 11.0 Å². The summed E-state index contributed by atoms with van der Waals surface area (Å²) in [6, 6.07) is 9.90. The molecule has 0 aromatic heterocycles. The Morgan fingerprint density at radius 2 is 1.95 bits per heavy atom. The highest BCUT2D eigenvalue weighted by Crippen LogP contribution is 2.36. The maximum atomic E-state index is 12.4. The molecule has 2 atom stereocenters. The highest BCUT2D eigenvalue weighted by Gasteiger charge is 2.39. The Bertz CT molecular complexity index is 525. The van der Waals surface area contributed by atoms with E-state index in [-0.39, 0.29) is 18.1 Å². The fourth-order valence-electron chi connectivity index (χ4n) is 2.56. The van der Waals surface area contributed by atoms with Crippen molar-refractivity contribution in [3.63, 3.8) is 0 Å². The molecule has 0 saturated carbocycles. The van der Waals surface area contributed by atoms with Crippen molar-refractivity contribution in [3.8, 4) is 0 Å². The van der Waals surface area contributed by atoms with E-state index < -0.39 is 5.60 Å². The van der Waals surface area contributed by atoms with Gasteiger partial charge in [0.25, 0.3) is 0 Å². The van der Waals surface area contributed by atoms with Crippen molar-refractivity contribution in [3.05, 3.63) is 35.9 Å². The van der Waals surface area contributed by atoms with Crippen molar-refractivity contribution in [2.45, 2.75) is 38.8 Å². The molecule has 0 aliphatic carbocycles. The fraction of sp³-hybridized carbons (Fsp3) is 0.500. The summed E-state index contributed by atoms with van der Waals surface area (Å²) in [5.74, 6) is 0.0396. The molecule has 1 saturated heterocycles. The molecular formula is C16H22N2O2S. The summed E-state index contributed by atoms with van der Waals surface area (Å²) < 4.78 is 5.50. The second-order valence-corrected chi connectivity index (χ2v) is 6.87. The van der Waals surface area contributed by atoms with E-state index in [2.05, 4.69) is 0 Å². The lowest BCUT2D eigenvalue weighted by Gasteiger charge is -2.28. The normalized spacial score (nSPS) is 22.1. The van der Waals surface area contributed by atoms with Crippen LogP contribution in [-0.4, -0.2) is 28.1 Å². The van der Waals surface area contributed by atoms with Crippen molar-refractivity contribution in [2.75, 3.05) is 6.54 Å². The minimum absolute atomic E-state index is 0.0347. The van der Waals surface area contributed by atoms with Crippen molar-refractivity contribution >= 4 is 23.3 Å². The van der Waals surface area contributed by atoms with Crippen LogP contribution in [0.4, 0.5) is 4.79 Å². The minimum atomic E-state index is -0.514. The lowest BCUT2D eigenvalue weighted by molar-refractivity contribution is 0.0222. The molecule has 2 rings (SSSR count). The number of amides is 1. The van der Waals surface area contributed by atoms with Crippen LogP contribution in [0, 0.1) is 5.92 Å². The molecule has 114 valence electrons. The highest BCUT2D eigenvalue weighted by molar-refractivity contribution is 7.80. The molecule has 0 unspecified atom stereocenters. The SMILES string of the molecule is CC(C)(C)OC(=O)N1C[C@@H](C(N)=S)C[C@@H]1c1ccccc1. The summed E-state index contributed by atoms with van der Waals surface area (Å²) >= 11 is 5.11. The Hall–Kier alpha value is -1.62. The van der Waals surface area contributed by atoms with Gasteiger partial charge in [0.15, 0.2) is 0 Å². The van der Waals surface area contributed by atoms with Crippen LogP contribution in [-0.2, 0) is 4.74 Å². The van der Waals surface area contributed by atoms with Gasteiger partial charge in [0, 0.05) is 12.5 Å². The summed E-state index contributed by atoms with van der Waals surface area (Å²) in [6.07, 6.45) is 0.439. The van der Waals surface area contributed by atoms with E-state index in [0.717, 1.165) is 12.0 Å². The van der Waals surface area contributed by atoms with Crippen LogP contribution in [0.3, 0.4) is 0 Å². The third-order valence-corrected chi connectivity index (χ3v) is 3.85. The van der Waals surface area contributed by atoms with Crippen molar-refractivity contribution in [1.29, 1.82) is 0 Å². The molecule has 1 fully saturated rings. The maximum absolute atomic E-state index is 12.4. The highest BCUT2D eigenvalue weighted by atomic mass is 32.1. The van der Waals surface area contributed by atoms with E-state index >= 15 is 0 Å². The molecule has 1 aliphatic rings. The summed E-state index contributed by atoms with van der Waals surface area (Å²) in [7, 11) is 0. The number of thiocarbonyl (C=S) groups is 1. The number of hydrogen-bond acceptors (Lipinski definition) is 3. The molecular weight excluding hydrogens is 284 g/mol. The summed E-state index contributed by atoms with van der Waals surface area (Å²) in [5.41, 5.74) is 6.35. The maximum Gasteiger partial charge on any atom is 0.410 e. The number of nitrogens with zero attached hydrogens (tertiary/aromatic N) is 1. The van der Waals surface area contributed by atoms with Gasteiger partial charge in [-0.3, -0.25) is 0 Å². The predicted molar refractivity (Wildman–Crippen MR) is 87.0 cm³/mol. The lowest BCUT2D eigenvalue weighted by atomic mass is 10.00. The summed E-state index contributed by atoms with van der Waals surface area (Å²) in [5, 5.41) is 0. The van der Waals surface area contributed by atoms with Crippen molar-refractivity contribution in [1.82, 2.24) is 4.90 Å². The van der Waals surface area contributed by atoms with E-state index in [1.165, 1.54) is 0 Å². The Balaban J connectivity index is 2.23. The van der Waals surface area contributed by atoms with Gasteiger partial charge in [-0.25, -0.2) is 4.79 Å². The number of carbonyl (C=O) groups excluding carboxylic acids is 1. The number of rotatable bonds is 2. The third kappa shape index (κ3) is 3.94. The first kappa shape index (κ1) is 15.8. The zero-order chi connectivity index (χ0) is 15.6. The average molecular weight is 306 g/mol. The quantitative estimate of drug-likeness (QED) is 0.852. The molecule has 1 heterocycles. The molecule has 1 aromatic rings. The average Bonchev–Trinajstić information content (AvgIpc) is 2.83. The predicted octanol–water partition coefficient (Wildman–Crippen LogP) is 3.27. The van der Waals surface area contributed by atoms with Crippen LogP contribution < -0.4 is 5.73 Å². The Labute approximate surface area is 131 Å². The zero-order valence-electron chi connectivity index (χ0n) is 12.7. The zero-order valence-corrected chi connectivity index (χ0v) is 13.5. The molecule has 0 bridgehead atoms. The van der Waals surface area contributed by atoms with Crippen LogP contribution in [0.5, 0.6) is 0 Å². The molecule has 5 heteroatoms. The molecule has 0 spiro atoms. The number of likely N-dealkylation sites (tertiary alicyclic amines) is 1. The van der Waals surface area contributed by atoms with Gasteiger partial charge in [0.2, 0.25) is 0 Å². The topological polar surface area (TPSA) is 55.6 Å². The van der Waals surface area contributed by atoms with Gasteiger partial charge in [-0.2, -0.15) is 0 Å². The minimum Gasteiger partial charge on any atom is -0.444 e. The van der Waals surface area contributed by atoms with E-state index in [4.69, 9.17) is 22.7 Å². The molecule has 21 heavy (non-hydrogen) atoms. The Kier molecular flexibility index (Phi) is 4.52. The standard InChI is InChI=1S/C16H22N2O2S/c1-16(2,3)20-15(19)18-10-12(14(17)21)9-13(18)11-7-5-4-6-8-11/h4-8,12-13H,9-10H2,1-3H3,(H2,17,21)/t12-,13+/m0/s1. The molecule has 0 radical (unpaired) electrons. The van der Waals surface area contributed by atoms with E-state index in [1.54, 1.807) is 4.90 Å². The second kappa shape index (κ2) is 6.02. The van der Waals surface area contributed by atoms with Gasteiger partial charge in [-0.1, -0.05) is 42.5 Å². The second-order valence-electron chi connectivity index (χ2n) is 6.39. The first-order valence-corrected chi connectivity index (χ1v) is 7.52. The van der Waals surface area contributed by atoms with Gasteiger partial charge in [-0.15, -0.1) is 0 Å². The summed E-state index contributed by atoms with van der Waals surface area (Å²) in [6.45, 7) is 6.11. The van der Waals surface area contributed by atoms with E-state index in [1.807, 2.05) is 51.1 Å². The summed E-state index contributed by atoms with van der Waals surface area (Å²) in [4.78, 5) is 14.6. The Morgan fingerprint density at radius 1 is 1.33 bits per heavy atom. The van der Waals surface area contributed by atoms with Gasteiger partial charge < -0.3 is 15.4 Å². The van der Waals surface area contributed by atoms with E-state index in [0.29, 0.717) is 11.5 Å². The van der Waals surface area contributed by atoms with Crippen molar-refractivity contribution in [2.24, 2.45) is 11.7 Å². The Morgan fingerprint density at radius 3 is 2.48 bits per heavy atom. The van der Waals surface area contributed by atoms with Crippen LogP contribution in [0.2, 0.25) is 0 Å². The van der Waals surface area contributed by atoms with Gasteiger partial charge >= 0.3 is 6.09 Å². The smallest absolute Gasteiger partial charge is 0.410 e. The molecule has 2 N–H and O–H groups in total. The lowest BCUT2D eigenvalue weighted by Crippen LogP contribution is -2.37. The molecule has 1 amide bonds. The van der Waals surface area contributed by atoms with E-state index in [9.17, 15) is 4.79 Å². The molecule has 1 aromatic carbocycles. The number of ether oxygens (including phenoxy) is 1. The number of carbonyl (C=O) groups is 1. The third-order valence-electron chi connectivity index (χ3n) is 3.52. The largest absolute Gasteiger partial charge is 0.444 e. The molecule has 1 aliphatic heterocycles. The van der Waals surface area contributed by atoms with Crippen LogP contribution in [0.1, 0.15) is 38.8 Å².